The second kappa shape index (κ2) is 16.7. The van der Waals surface area contributed by atoms with Gasteiger partial charge in [-0.25, -0.2) is 23.7 Å². The van der Waals surface area contributed by atoms with Crippen LogP contribution in [0.1, 0.15) is 76.9 Å². The van der Waals surface area contributed by atoms with Gasteiger partial charge in [0.05, 0.1) is 25.1 Å². The summed E-state index contributed by atoms with van der Waals surface area (Å²) in [4.78, 5) is 85.9. The molecule has 2 aromatic carbocycles. The van der Waals surface area contributed by atoms with Crippen molar-refractivity contribution in [2.45, 2.75) is 69.6 Å². The Kier molecular flexibility index (Phi) is 10.6. The number of halogens is 2. The minimum atomic E-state index is -1.07. The Balaban J connectivity index is 0.667. The van der Waals surface area contributed by atoms with Crippen molar-refractivity contribution in [3.63, 3.8) is 0 Å². The number of rotatable bonds is 11. The number of piperidine rings is 2. The number of hydrogen-bond donors (Lipinski definition) is 3. The molecule has 0 aliphatic carbocycles. The van der Waals surface area contributed by atoms with Crippen molar-refractivity contribution in [2.75, 3.05) is 61.3 Å². The third kappa shape index (κ3) is 7.76. The van der Waals surface area contributed by atoms with Crippen LogP contribution in [-0.2, 0) is 38.7 Å². The van der Waals surface area contributed by atoms with Crippen LogP contribution in [0.5, 0.6) is 0 Å². The fraction of sp³-hybridized carbons (Fsp3) is 0.404. The lowest BCUT2D eigenvalue weighted by Gasteiger charge is -2.60. The first kappa shape index (κ1) is 42.1. The second-order valence-corrected chi connectivity index (χ2v) is 19.4. The van der Waals surface area contributed by atoms with Crippen molar-refractivity contribution in [3.05, 3.63) is 106 Å². The van der Waals surface area contributed by atoms with Crippen molar-refractivity contribution in [3.8, 4) is 11.1 Å². The van der Waals surface area contributed by atoms with Crippen LogP contribution in [0.15, 0.2) is 66.6 Å². The maximum Gasteiger partial charge on any atom is 0.255 e. The van der Waals surface area contributed by atoms with Gasteiger partial charge in [-0.1, -0.05) is 6.07 Å². The van der Waals surface area contributed by atoms with Crippen molar-refractivity contribution in [1.82, 2.24) is 39.5 Å². The van der Waals surface area contributed by atoms with Gasteiger partial charge in [-0.2, -0.15) is 0 Å². The molecule has 9 heterocycles. The Morgan fingerprint density at radius 2 is 1.74 bits per heavy atom. The molecule has 340 valence electrons. The van der Waals surface area contributed by atoms with Crippen molar-refractivity contribution in [1.29, 1.82) is 0 Å². The molecular weight excluding hydrogens is 869 g/mol. The number of likely N-dealkylation sites (tertiary alicyclic amines) is 2. The van der Waals surface area contributed by atoms with Crippen LogP contribution in [0.25, 0.3) is 11.1 Å². The van der Waals surface area contributed by atoms with Gasteiger partial charge in [-0.05, 0) is 98.6 Å². The average molecular weight is 916 g/mol. The average Bonchev–Trinajstić information content (AvgIpc) is 4.10. The number of fused-ring (bicyclic) bond motifs is 2. The Morgan fingerprint density at radius 3 is 2.48 bits per heavy atom. The van der Waals surface area contributed by atoms with Gasteiger partial charge in [0.25, 0.3) is 11.8 Å². The molecular formula is C47H47F2N11O5S. The summed E-state index contributed by atoms with van der Waals surface area (Å²) in [5.74, 6) is -1.56. The number of anilines is 3. The first-order valence-electron chi connectivity index (χ1n) is 22.5. The van der Waals surface area contributed by atoms with E-state index in [9.17, 15) is 24.0 Å². The number of imidazole rings is 1. The van der Waals surface area contributed by atoms with Crippen LogP contribution in [0, 0.1) is 17.0 Å². The topological polar surface area (TPSA) is 178 Å². The minimum Gasteiger partial charge on any atom is -0.374 e. The van der Waals surface area contributed by atoms with Crippen molar-refractivity contribution < 1.29 is 32.8 Å². The SMILES string of the molecule is O=C1CCC(Nc2ccc(C3CCN(CC(=O)N4CC5(C4)CN(c4ccc(-c6cc(F)c7c(c6)C(=O)N(C(C(=O)Nc6nccs6)c6ncn8c6CCC8)C7)cn4)C5)CC3)c(F)c2)C(=O)N1. The van der Waals surface area contributed by atoms with E-state index in [0.717, 1.165) is 56.8 Å². The van der Waals surface area contributed by atoms with E-state index in [1.54, 1.807) is 42.3 Å². The maximum atomic E-state index is 15.9. The third-order valence-electron chi connectivity index (χ3n) is 14.1. The number of nitrogens with one attached hydrogen (secondary N) is 3. The fourth-order valence-electron chi connectivity index (χ4n) is 10.6. The summed E-state index contributed by atoms with van der Waals surface area (Å²) in [6.45, 7) is 5.29. The molecule has 0 saturated carbocycles. The maximum absolute atomic E-state index is 15.9. The van der Waals surface area contributed by atoms with E-state index < -0.39 is 35.6 Å². The van der Waals surface area contributed by atoms with Crippen LogP contribution in [0.4, 0.5) is 25.4 Å². The number of nitrogens with zero attached hydrogens (tertiary/aromatic N) is 8. The molecule has 5 aromatic rings. The number of aryl methyl sites for hydroxylation is 1. The van der Waals surface area contributed by atoms with E-state index in [1.165, 1.54) is 28.4 Å². The highest BCUT2D eigenvalue weighted by Gasteiger charge is 2.53. The van der Waals surface area contributed by atoms with Crippen LogP contribution in [0.3, 0.4) is 0 Å². The predicted octanol–water partition coefficient (Wildman–Crippen LogP) is 4.71. The zero-order valence-corrected chi connectivity index (χ0v) is 36.8. The third-order valence-corrected chi connectivity index (χ3v) is 14.8. The highest BCUT2D eigenvalue weighted by atomic mass is 32.1. The van der Waals surface area contributed by atoms with Crippen LogP contribution in [-0.4, -0.2) is 116 Å². The standard InChI is InChI=1S/C47H47F2N11O5S/c48-34-17-29(16-32-33(34)20-60(45(32)65)42(44(64)55-46-50-11-15-66-46)41-37-2-1-12-57(37)26-52-41)28-3-7-38(51-19-28)58-22-47(23-58)24-59(25-47)40(62)21-56-13-9-27(10-14-56)31-5-4-30(18-35(31)49)53-36-6-8-39(61)54-43(36)63/h3-5,7,11,15-19,26-27,36,42,53H,1-2,6,8-10,12-14,20-25H2,(H,50,55,64)(H,54,61,63). The first-order chi connectivity index (χ1) is 32.0. The van der Waals surface area contributed by atoms with Gasteiger partial charge < -0.3 is 24.6 Å². The van der Waals surface area contributed by atoms with Gasteiger partial charge in [0.1, 0.15) is 23.5 Å². The second-order valence-electron chi connectivity index (χ2n) is 18.5. The summed E-state index contributed by atoms with van der Waals surface area (Å²) < 4.78 is 33.2. The zero-order chi connectivity index (χ0) is 45.3. The van der Waals surface area contributed by atoms with E-state index in [1.807, 2.05) is 21.6 Å². The van der Waals surface area contributed by atoms with E-state index >= 15 is 8.78 Å². The number of carbonyl (C=O) groups is 5. The summed E-state index contributed by atoms with van der Waals surface area (Å²) >= 11 is 1.27. The Morgan fingerprint density at radius 1 is 0.909 bits per heavy atom. The normalized spacial score (nSPS) is 20.7. The van der Waals surface area contributed by atoms with Crippen molar-refractivity contribution in [2.24, 2.45) is 5.41 Å². The van der Waals surface area contributed by atoms with Gasteiger partial charge in [-0.3, -0.25) is 39.5 Å². The quantitative estimate of drug-likeness (QED) is 0.157. The van der Waals surface area contributed by atoms with E-state index in [2.05, 4.69) is 35.7 Å². The molecule has 5 amide bonds. The number of hydrogen-bond acceptors (Lipinski definition) is 12. The first-order valence-corrected chi connectivity index (χ1v) is 23.3. The van der Waals surface area contributed by atoms with E-state index in [-0.39, 0.29) is 53.1 Å². The van der Waals surface area contributed by atoms with Crippen LogP contribution in [0.2, 0.25) is 0 Å². The molecule has 6 aliphatic heterocycles. The van der Waals surface area contributed by atoms with Gasteiger partial charge >= 0.3 is 0 Å². The summed E-state index contributed by atoms with van der Waals surface area (Å²) in [6, 6.07) is 10.2. The smallest absolute Gasteiger partial charge is 0.255 e. The Labute approximate surface area is 382 Å². The Hall–Kier alpha value is -6.60. The zero-order valence-electron chi connectivity index (χ0n) is 36.0. The number of aromatic nitrogens is 4. The number of carbonyl (C=O) groups excluding carboxylic acids is 5. The number of benzene rings is 2. The Bertz CT molecular complexity index is 2760. The summed E-state index contributed by atoms with van der Waals surface area (Å²) in [5, 5.41) is 10.3. The minimum absolute atomic E-state index is 0.0147. The summed E-state index contributed by atoms with van der Waals surface area (Å²) in [7, 11) is 0. The molecule has 66 heavy (non-hydrogen) atoms. The number of amides is 5. The molecule has 6 aliphatic rings. The lowest BCUT2D eigenvalue weighted by Crippen LogP contribution is -2.73. The molecule has 3 aromatic heterocycles. The molecule has 0 radical (unpaired) electrons. The van der Waals surface area contributed by atoms with Gasteiger partial charge in [0.2, 0.25) is 17.7 Å². The van der Waals surface area contributed by atoms with E-state index in [0.29, 0.717) is 72.3 Å². The molecule has 2 atom stereocenters. The molecule has 16 nitrogen and oxygen atoms in total. The molecule has 4 fully saturated rings. The largest absolute Gasteiger partial charge is 0.374 e. The van der Waals surface area contributed by atoms with E-state index in [4.69, 9.17) is 4.98 Å². The highest BCUT2D eigenvalue weighted by molar-refractivity contribution is 7.13. The molecule has 19 heteroatoms. The number of thiazole rings is 1. The molecule has 2 unspecified atom stereocenters. The van der Waals surface area contributed by atoms with Gasteiger partial charge in [0.15, 0.2) is 11.2 Å². The molecule has 3 N–H and O–H groups in total. The molecule has 0 bridgehead atoms. The number of pyridine rings is 1. The molecule has 1 spiro atoms. The lowest BCUT2D eigenvalue weighted by atomic mass is 9.72. The molecule has 4 saturated heterocycles. The summed E-state index contributed by atoms with van der Waals surface area (Å²) in [5.41, 5.74) is 4.14. The highest BCUT2D eigenvalue weighted by Crippen LogP contribution is 2.43. The molecule has 11 rings (SSSR count). The van der Waals surface area contributed by atoms with Crippen LogP contribution >= 0.6 is 11.3 Å². The fourth-order valence-corrected chi connectivity index (χ4v) is 11.2. The number of imide groups is 1. The predicted molar refractivity (Wildman–Crippen MR) is 239 cm³/mol. The lowest BCUT2D eigenvalue weighted by molar-refractivity contribution is -0.146. The van der Waals surface area contributed by atoms with Crippen molar-refractivity contribution >= 4 is 57.5 Å². The van der Waals surface area contributed by atoms with Crippen LogP contribution < -0.4 is 20.9 Å². The summed E-state index contributed by atoms with van der Waals surface area (Å²) in [6.07, 6.45) is 8.67. The van der Waals surface area contributed by atoms with Gasteiger partial charge in [-0.15, -0.1) is 11.3 Å². The monoisotopic (exact) mass is 915 g/mol. The van der Waals surface area contributed by atoms with Gasteiger partial charge in [0, 0.05) is 90.4 Å².